The Labute approximate surface area is 270 Å². The number of halogens is 4. The quantitative estimate of drug-likeness (QED) is 0.220. The van der Waals surface area contributed by atoms with Gasteiger partial charge in [-0.15, -0.1) is 0 Å². The fourth-order valence-corrected chi connectivity index (χ4v) is 6.01. The molecule has 0 aliphatic carbocycles. The van der Waals surface area contributed by atoms with Crippen LogP contribution in [0, 0.1) is 5.92 Å². The lowest BCUT2D eigenvalue weighted by Crippen LogP contribution is -2.44. The van der Waals surface area contributed by atoms with Gasteiger partial charge in [0, 0.05) is 44.1 Å². The smallest absolute Gasteiger partial charge is 0.416 e. The molecule has 258 valence electrons. The second-order valence-corrected chi connectivity index (χ2v) is 12.3. The zero-order valence-corrected chi connectivity index (χ0v) is 28.1. The van der Waals surface area contributed by atoms with E-state index in [4.69, 9.17) is 14.6 Å². The van der Waals surface area contributed by atoms with Gasteiger partial charge < -0.3 is 19.5 Å². The predicted octanol–water partition coefficient (Wildman–Crippen LogP) is 7.79. The van der Waals surface area contributed by atoms with E-state index in [-0.39, 0.29) is 54.4 Å². The van der Waals surface area contributed by atoms with Gasteiger partial charge >= 0.3 is 12.1 Å². The maximum absolute atomic E-state index is 14.0. The third-order valence-corrected chi connectivity index (χ3v) is 8.51. The number of hydrogen-bond donors (Lipinski definition) is 1. The van der Waals surface area contributed by atoms with Crippen LogP contribution in [0.3, 0.4) is 0 Å². The number of ether oxygens (including phenoxy) is 2. The van der Waals surface area contributed by atoms with E-state index in [1.54, 1.807) is 7.11 Å². The summed E-state index contributed by atoms with van der Waals surface area (Å²) in [5.41, 5.74) is 0.878. The average Bonchev–Trinajstić information content (AvgIpc) is 3.51. The molecule has 2 aromatic carbocycles. The van der Waals surface area contributed by atoms with E-state index in [2.05, 4.69) is 25.7 Å². The first-order valence-corrected chi connectivity index (χ1v) is 15.9. The molecule has 2 heterocycles. The molecule has 1 N–H and O–H groups in total. The number of amides is 1. The van der Waals surface area contributed by atoms with E-state index >= 15 is 0 Å². The van der Waals surface area contributed by atoms with Crippen LogP contribution in [-0.4, -0.2) is 79.4 Å². The van der Waals surface area contributed by atoms with Gasteiger partial charge in [0.25, 0.3) is 0 Å². The zero-order chi connectivity index (χ0) is 34.7. The van der Waals surface area contributed by atoms with Crippen molar-refractivity contribution in [3.8, 4) is 11.5 Å². The van der Waals surface area contributed by atoms with Crippen LogP contribution in [0.25, 0.3) is 0 Å². The maximum atomic E-state index is 14.0. The molecule has 2 fully saturated rings. The Morgan fingerprint density at radius 1 is 0.957 bits per heavy atom. The molecular weight excluding hydrogens is 604 g/mol. The number of carbonyl (C=O) groups excluding carboxylic acids is 1. The van der Waals surface area contributed by atoms with Crippen molar-refractivity contribution in [1.29, 1.82) is 0 Å². The molecule has 7 nitrogen and oxygen atoms in total. The molecule has 2 aliphatic heterocycles. The average molecular weight is 655 g/mol. The van der Waals surface area contributed by atoms with Crippen LogP contribution in [0.2, 0.25) is 0 Å². The highest BCUT2D eigenvalue weighted by Crippen LogP contribution is 2.41. The molecule has 2 aliphatic rings. The molecule has 2 atom stereocenters. The second-order valence-electron chi connectivity index (χ2n) is 12.3. The van der Waals surface area contributed by atoms with Crippen LogP contribution >= 0.6 is 0 Å². The number of rotatable bonds is 9. The van der Waals surface area contributed by atoms with Gasteiger partial charge in [-0.1, -0.05) is 32.0 Å². The van der Waals surface area contributed by atoms with Gasteiger partial charge in [-0.3, -0.25) is 18.9 Å². The third kappa shape index (κ3) is 10.3. The van der Waals surface area contributed by atoms with E-state index < -0.39 is 17.7 Å². The first-order valence-electron chi connectivity index (χ1n) is 15.9. The summed E-state index contributed by atoms with van der Waals surface area (Å²) in [7, 11) is 2.13. The summed E-state index contributed by atoms with van der Waals surface area (Å²) in [6.45, 7) is 12.9. The summed E-state index contributed by atoms with van der Waals surface area (Å²) in [5, 5.41) is 8.88. The van der Waals surface area contributed by atoms with Gasteiger partial charge in [0.2, 0.25) is 5.91 Å². The number of piperidine rings is 1. The molecule has 1 amide bonds. The number of nitrogens with zero attached hydrogens (tertiary/aromatic N) is 2. The molecule has 0 bridgehead atoms. The van der Waals surface area contributed by atoms with E-state index in [0.717, 1.165) is 30.0 Å². The summed E-state index contributed by atoms with van der Waals surface area (Å²) >= 11 is 0. The van der Waals surface area contributed by atoms with Crippen molar-refractivity contribution in [1.82, 2.24) is 9.80 Å². The Kier molecular flexibility index (Phi) is 14.8. The molecular formula is C35H50F4N2O5. The van der Waals surface area contributed by atoms with Crippen molar-refractivity contribution in [2.45, 2.75) is 83.9 Å². The number of carboxylic acid groups (broad SMARTS) is 1. The van der Waals surface area contributed by atoms with Gasteiger partial charge in [-0.2, -0.15) is 13.2 Å². The fraction of sp³-hybridized carbons (Fsp3) is 0.600. The Bertz CT molecular complexity index is 1240. The SMILES string of the molecule is CC.CF.COc1ccc([C@@H]2CN(C(C)(C)C)CC2C(=O)N2CCC(c3ccc(C(F)(F)F)cc3OCCCC(=O)O)CC2)cc1. The van der Waals surface area contributed by atoms with Crippen molar-refractivity contribution in [2.75, 3.05) is 47.1 Å². The highest BCUT2D eigenvalue weighted by atomic mass is 19.4. The standard InChI is InChI=1S/C32H41F3N2O5.C2H6.CH3F/c1-31(2,3)37-19-26(21-7-10-24(41-4)11-8-21)27(20-37)30(40)36-15-13-22(14-16-36)25-12-9-23(32(33,34)35)18-28(25)42-17-5-6-29(38)39;2*1-2/h7-12,18,22,26-27H,5-6,13-17,19-20H2,1-4H3,(H,38,39);1-2H3;1H3/t26-,27?;;/m0../s1. The third-order valence-electron chi connectivity index (χ3n) is 8.51. The van der Waals surface area contributed by atoms with Crippen molar-refractivity contribution in [3.05, 3.63) is 59.2 Å². The molecule has 2 saturated heterocycles. The van der Waals surface area contributed by atoms with Crippen LogP contribution in [-0.2, 0) is 15.8 Å². The van der Waals surface area contributed by atoms with Crippen LogP contribution in [0.4, 0.5) is 17.6 Å². The van der Waals surface area contributed by atoms with Gasteiger partial charge in [0.05, 0.1) is 32.4 Å². The summed E-state index contributed by atoms with van der Waals surface area (Å²) in [5.74, 6) is -0.202. The first kappa shape index (κ1) is 38.8. The Morgan fingerprint density at radius 2 is 1.57 bits per heavy atom. The van der Waals surface area contributed by atoms with Crippen LogP contribution in [0.5, 0.6) is 11.5 Å². The minimum absolute atomic E-state index is 0.0106. The molecule has 4 rings (SSSR count). The first-order chi connectivity index (χ1) is 21.8. The Balaban J connectivity index is 0.00000177. The molecule has 46 heavy (non-hydrogen) atoms. The van der Waals surface area contributed by atoms with E-state index in [1.807, 2.05) is 43.0 Å². The normalized spacial score (nSPS) is 19.0. The number of hydrogen-bond acceptors (Lipinski definition) is 5. The van der Waals surface area contributed by atoms with Gasteiger partial charge in [-0.25, -0.2) is 0 Å². The summed E-state index contributed by atoms with van der Waals surface area (Å²) in [4.78, 5) is 29.1. The highest BCUT2D eigenvalue weighted by molar-refractivity contribution is 5.81. The highest BCUT2D eigenvalue weighted by Gasteiger charge is 2.44. The molecule has 0 radical (unpaired) electrons. The van der Waals surface area contributed by atoms with Gasteiger partial charge in [0.15, 0.2) is 0 Å². The fourth-order valence-electron chi connectivity index (χ4n) is 6.01. The summed E-state index contributed by atoms with van der Waals surface area (Å²) in [6, 6.07) is 11.5. The molecule has 2 aromatic rings. The number of aliphatic carboxylic acids is 1. The van der Waals surface area contributed by atoms with E-state index in [9.17, 15) is 27.2 Å². The Hall–Kier alpha value is -3.34. The van der Waals surface area contributed by atoms with Crippen LogP contribution < -0.4 is 9.47 Å². The lowest BCUT2D eigenvalue weighted by molar-refractivity contribution is -0.138. The Morgan fingerprint density at radius 3 is 2.09 bits per heavy atom. The predicted molar refractivity (Wildman–Crippen MR) is 171 cm³/mol. The van der Waals surface area contributed by atoms with Crippen molar-refractivity contribution < 1.29 is 41.7 Å². The van der Waals surface area contributed by atoms with Crippen molar-refractivity contribution in [2.24, 2.45) is 5.92 Å². The zero-order valence-electron chi connectivity index (χ0n) is 28.1. The van der Waals surface area contributed by atoms with Crippen molar-refractivity contribution >= 4 is 11.9 Å². The molecule has 0 aromatic heterocycles. The number of benzene rings is 2. The molecule has 0 saturated carbocycles. The van der Waals surface area contributed by atoms with Gasteiger partial charge in [-0.05, 0) is 81.3 Å². The van der Waals surface area contributed by atoms with E-state index in [0.29, 0.717) is 45.2 Å². The van der Waals surface area contributed by atoms with Crippen LogP contribution in [0.15, 0.2) is 42.5 Å². The van der Waals surface area contributed by atoms with Crippen LogP contribution in [0.1, 0.15) is 88.8 Å². The molecule has 0 spiro atoms. The topological polar surface area (TPSA) is 79.3 Å². The number of likely N-dealkylation sites (tertiary alicyclic amines) is 2. The van der Waals surface area contributed by atoms with Crippen molar-refractivity contribution in [3.63, 3.8) is 0 Å². The maximum Gasteiger partial charge on any atom is 0.416 e. The lowest BCUT2D eigenvalue weighted by Gasteiger charge is -2.35. The summed E-state index contributed by atoms with van der Waals surface area (Å²) < 4.78 is 60.8. The monoisotopic (exact) mass is 654 g/mol. The number of methoxy groups -OCH3 is 1. The van der Waals surface area contributed by atoms with E-state index in [1.165, 1.54) is 6.07 Å². The summed E-state index contributed by atoms with van der Waals surface area (Å²) in [6.07, 6.45) is -3.24. The number of carbonyl (C=O) groups is 2. The number of carboxylic acids is 1. The van der Waals surface area contributed by atoms with Gasteiger partial charge in [0.1, 0.15) is 11.5 Å². The molecule has 11 heteroatoms. The minimum Gasteiger partial charge on any atom is -0.497 e. The lowest BCUT2D eigenvalue weighted by atomic mass is 9.85. The largest absolute Gasteiger partial charge is 0.497 e. The molecule has 1 unspecified atom stereocenters. The minimum atomic E-state index is -4.52. The second kappa shape index (κ2) is 17.5. The number of alkyl halides is 4.